The summed E-state index contributed by atoms with van der Waals surface area (Å²) in [5.74, 6) is 1.25. The van der Waals surface area contributed by atoms with Crippen molar-refractivity contribution in [2.75, 3.05) is 19.6 Å². The Morgan fingerprint density at radius 3 is 2.29 bits per heavy atom. The number of hydrogen-bond acceptors (Lipinski definition) is 3. The number of nitrogens with two attached hydrogens (primary N) is 1. The summed E-state index contributed by atoms with van der Waals surface area (Å²) in [7, 11) is 0. The fraction of sp³-hybridized carbons (Fsp3) is 0.636. The third-order valence-corrected chi connectivity index (χ3v) is 7.03. The smallest absolute Gasteiger partial charge is 0.217 e. The number of carbonyl (C=O) groups is 2. The zero-order valence-corrected chi connectivity index (χ0v) is 17.9. The van der Waals surface area contributed by atoms with Crippen LogP contribution in [-0.4, -0.2) is 36.2 Å². The number of benzene rings is 1. The van der Waals surface area contributed by atoms with Crippen molar-refractivity contribution >= 4 is 34.9 Å². The van der Waals surface area contributed by atoms with Crippen LogP contribution in [0.1, 0.15) is 61.7 Å². The van der Waals surface area contributed by atoms with Crippen LogP contribution in [0.5, 0.6) is 0 Å². The van der Waals surface area contributed by atoms with Crippen LogP contribution >= 0.6 is 23.2 Å². The van der Waals surface area contributed by atoms with Gasteiger partial charge in [0.05, 0.1) is 5.02 Å². The Kier molecular flexibility index (Phi) is 7.78. The average Bonchev–Trinajstić information content (AvgIpc) is 2.69. The maximum absolute atomic E-state index is 12.8. The molecular weight excluding hydrogens is 395 g/mol. The highest BCUT2D eigenvalue weighted by atomic mass is 35.5. The quantitative estimate of drug-likeness (QED) is 0.628. The van der Waals surface area contributed by atoms with Gasteiger partial charge in [0, 0.05) is 22.9 Å². The van der Waals surface area contributed by atoms with Crippen molar-refractivity contribution in [2.24, 2.45) is 23.5 Å². The van der Waals surface area contributed by atoms with Gasteiger partial charge in [0.25, 0.3) is 0 Å². The second kappa shape index (κ2) is 10.1. The second-order valence-electron chi connectivity index (χ2n) is 8.45. The van der Waals surface area contributed by atoms with Gasteiger partial charge >= 0.3 is 0 Å². The van der Waals surface area contributed by atoms with Crippen LogP contribution in [0.4, 0.5) is 0 Å². The molecule has 1 aliphatic carbocycles. The van der Waals surface area contributed by atoms with Crippen LogP contribution in [0.15, 0.2) is 18.2 Å². The molecule has 0 aromatic heterocycles. The number of piperidine rings is 1. The van der Waals surface area contributed by atoms with Crippen molar-refractivity contribution < 1.29 is 9.59 Å². The van der Waals surface area contributed by atoms with Gasteiger partial charge in [-0.3, -0.25) is 9.59 Å². The van der Waals surface area contributed by atoms with Crippen molar-refractivity contribution in [2.45, 2.75) is 51.4 Å². The van der Waals surface area contributed by atoms with Gasteiger partial charge in [0.1, 0.15) is 0 Å². The van der Waals surface area contributed by atoms with Gasteiger partial charge < -0.3 is 10.6 Å². The first-order valence-corrected chi connectivity index (χ1v) is 11.2. The number of primary amides is 1. The van der Waals surface area contributed by atoms with Gasteiger partial charge in [-0.25, -0.2) is 0 Å². The topological polar surface area (TPSA) is 63.4 Å². The van der Waals surface area contributed by atoms with E-state index in [9.17, 15) is 9.59 Å². The number of rotatable bonds is 7. The highest BCUT2D eigenvalue weighted by Crippen LogP contribution is 2.33. The lowest BCUT2D eigenvalue weighted by atomic mass is 9.79. The van der Waals surface area contributed by atoms with Crippen molar-refractivity contribution in [1.29, 1.82) is 0 Å². The fourth-order valence-electron chi connectivity index (χ4n) is 4.70. The van der Waals surface area contributed by atoms with Crippen LogP contribution in [0.25, 0.3) is 0 Å². The van der Waals surface area contributed by atoms with E-state index < -0.39 is 0 Å². The number of nitrogens with zero attached hydrogens (tertiary/aromatic N) is 1. The zero-order valence-electron chi connectivity index (χ0n) is 16.3. The number of carbonyl (C=O) groups excluding carboxylic acids is 2. The van der Waals surface area contributed by atoms with E-state index >= 15 is 0 Å². The summed E-state index contributed by atoms with van der Waals surface area (Å²) >= 11 is 12.2. The molecular formula is C22H30Cl2N2O2. The third kappa shape index (κ3) is 5.95. The lowest BCUT2D eigenvalue weighted by Gasteiger charge is -2.34. The average molecular weight is 425 g/mol. The first kappa shape index (κ1) is 21.6. The van der Waals surface area contributed by atoms with E-state index in [1.165, 1.54) is 19.3 Å². The van der Waals surface area contributed by atoms with Gasteiger partial charge in [0.2, 0.25) is 5.91 Å². The van der Waals surface area contributed by atoms with Crippen LogP contribution in [0.2, 0.25) is 10.0 Å². The first-order chi connectivity index (χ1) is 13.4. The lowest BCUT2D eigenvalue weighted by Crippen LogP contribution is -2.37. The summed E-state index contributed by atoms with van der Waals surface area (Å²) in [5.41, 5.74) is 5.87. The Labute approximate surface area is 177 Å². The Morgan fingerprint density at radius 2 is 1.64 bits per heavy atom. The van der Waals surface area contributed by atoms with Crippen LogP contribution in [0.3, 0.4) is 0 Å². The normalized spacial score (nSPS) is 24.2. The molecule has 2 fully saturated rings. The van der Waals surface area contributed by atoms with Crippen molar-refractivity contribution in [3.63, 3.8) is 0 Å². The maximum Gasteiger partial charge on any atom is 0.217 e. The number of halogens is 2. The Hall–Kier alpha value is -1.10. The predicted molar refractivity (Wildman–Crippen MR) is 114 cm³/mol. The molecule has 0 bridgehead atoms. The van der Waals surface area contributed by atoms with E-state index in [-0.39, 0.29) is 17.6 Å². The molecule has 0 spiro atoms. The van der Waals surface area contributed by atoms with E-state index in [0.717, 1.165) is 51.2 Å². The van der Waals surface area contributed by atoms with Crippen LogP contribution in [-0.2, 0) is 4.79 Å². The molecule has 1 aromatic carbocycles. The number of amides is 1. The third-order valence-electron chi connectivity index (χ3n) is 6.46. The first-order valence-electron chi connectivity index (χ1n) is 10.4. The Morgan fingerprint density at radius 1 is 1.00 bits per heavy atom. The molecule has 154 valence electrons. The largest absolute Gasteiger partial charge is 0.370 e. The monoisotopic (exact) mass is 424 g/mol. The molecule has 1 aliphatic heterocycles. The highest BCUT2D eigenvalue weighted by Gasteiger charge is 2.28. The second-order valence-corrected chi connectivity index (χ2v) is 9.29. The summed E-state index contributed by atoms with van der Waals surface area (Å²) in [4.78, 5) is 26.3. The molecule has 1 aromatic rings. The van der Waals surface area contributed by atoms with Gasteiger partial charge in [0.15, 0.2) is 5.78 Å². The summed E-state index contributed by atoms with van der Waals surface area (Å²) in [6, 6.07) is 5.10. The van der Waals surface area contributed by atoms with E-state index in [1.54, 1.807) is 18.2 Å². The number of Topliss-reactive ketones (excluding diaryl/α,β-unsaturated/α-hetero) is 1. The molecule has 4 nitrogen and oxygen atoms in total. The molecule has 2 N–H and O–H groups in total. The van der Waals surface area contributed by atoms with Crippen molar-refractivity contribution in [3.8, 4) is 0 Å². The van der Waals surface area contributed by atoms with Crippen LogP contribution in [0, 0.1) is 17.8 Å². The molecule has 1 saturated carbocycles. The SMILES string of the molecule is NC(=O)CC1CCC(CCN2CCC(C(=O)c3cc(Cl)ccc3Cl)CC2)CC1. The molecule has 0 unspecified atom stereocenters. The van der Waals surface area contributed by atoms with E-state index in [4.69, 9.17) is 28.9 Å². The standard InChI is InChI=1S/C22H30Cl2N2O2/c23-18-5-6-20(24)19(14-18)22(28)17-8-11-26(12-9-17)10-7-15-1-3-16(4-2-15)13-21(25)27/h5-6,14-17H,1-4,7-13H2,(H2,25,27). The van der Waals surface area contributed by atoms with E-state index in [0.29, 0.717) is 27.9 Å². The molecule has 28 heavy (non-hydrogen) atoms. The van der Waals surface area contributed by atoms with Crippen molar-refractivity contribution in [1.82, 2.24) is 4.90 Å². The molecule has 0 radical (unpaired) electrons. The number of hydrogen-bond donors (Lipinski definition) is 1. The minimum Gasteiger partial charge on any atom is -0.370 e. The number of likely N-dealkylation sites (tertiary alicyclic amines) is 1. The van der Waals surface area contributed by atoms with Gasteiger partial charge in [-0.1, -0.05) is 36.0 Å². The van der Waals surface area contributed by atoms with E-state index in [2.05, 4.69) is 4.90 Å². The molecule has 2 aliphatic rings. The minimum atomic E-state index is -0.167. The maximum atomic E-state index is 12.8. The van der Waals surface area contributed by atoms with Gasteiger partial charge in [-0.05, 0) is 81.8 Å². The van der Waals surface area contributed by atoms with Gasteiger partial charge in [-0.2, -0.15) is 0 Å². The Balaban J connectivity index is 1.39. The molecule has 1 heterocycles. The summed E-state index contributed by atoms with van der Waals surface area (Å²) in [5, 5.41) is 1.04. The Bertz CT molecular complexity index is 694. The zero-order chi connectivity index (χ0) is 20.1. The highest BCUT2D eigenvalue weighted by molar-refractivity contribution is 6.36. The summed E-state index contributed by atoms with van der Waals surface area (Å²) in [6.45, 7) is 3.03. The summed E-state index contributed by atoms with van der Waals surface area (Å²) < 4.78 is 0. The van der Waals surface area contributed by atoms with Crippen LogP contribution < -0.4 is 5.73 Å². The molecule has 1 saturated heterocycles. The van der Waals surface area contributed by atoms with E-state index in [1.807, 2.05) is 0 Å². The lowest BCUT2D eigenvalue weighted by molar-refractivity contribution is -0.119. The summed E-state index contributed by atoms with van der Waals surface area (Å²) in [6.07, 6.45) is 8.20. The molecule has 3 rings (SSSR count). The molecule has 6 heteroatoms. The molecule has 0 atom stereocenters. The predicted octanol–water partition coefficient (Wildman–Crippen LogP) is 4.96. The minimum absolute atomic E-state index is 0.0384. The number of ketones is 1. The van der Waals surface area contributed by atoms with Crippen molar-refractivity contribution in [3.05, 3.63) is 33.8 Å². The fourth-order valence-corrected chi connectivity index (χ4v) is 5.08. The molecule has 1 amide bonds. The van der Waals surface area contributed by atoms with Gasteiger partial charge in [-0.15, -0.1) is 0 Å².